The summed E-state index contributed by atoms with van der Waals surface area (Å²) < 4.78 is 31.9. The van der Waals surface area contributed by atoms with E-state index in [9.17, 15) is 8.78 Å². The van der Waals surface area contributed by atoms with Gasteiger partial charge in [0, 0.05) is 35.7 Å². The Balaban J connectivity index is 0.000000162. The van der Waals surface area contributed by atoms with E-state index in [0.717, 1.165) is 68.2 Å². The van der Waals surface area contributed by atoms with Crippen molar-refractivity contribution in [3.8, 4) is 11.8 Å². The number of hydrogen-bond acceptors (Lipinski definition) is 4. The van der Waals surface area contributed by atoms with Gasteiger partial charge in [0.15, 0.2) is 0 Å². The minimum atomic E-state index is -0.261. The van der Waals surface area contributed by atoms with Gasteiger partial charge in [-0.15, -0.1) is 0 Å². The van der Waals surface area contributed by atoms with E-state index in [1.165, 1.54) is 42.3 Å². The van der Waals surface area contributed by atoms with Crippen LogP contribution in [0.5, 0.6) is 0 Å². The van der Waals surface area contributed by atoms with E-state index in [1.54, 1.807) is 12.1 Å². The standard InChI is InChI=1S/C22H22N4.C21H19BrF2N2/c23-16-18-8-10-19(11-9-18)22(25-13-3-4-14-25)21-7-5-15-26(21)17-20-6-1-2-12-24-20;22-18-14-15(5-10-19(18)24)21(25-11-1-2-12-25)20-4-3-13-26(20)17-8-6-16(23)7-9-17/h1-2,5-12,15,22H,3-4,13-14,17H2;3-10,13-14,21H,1-2,11-12H2. The lowest BCUT2D eigenvalue weighted by Gasteiger charge is -2.29. The molecule has 2 atom stereocenters. The van der Waals surface area contributed by atoms with Gasteiger partial charge in [-0.05, 0) is 164 Å². The predicted molar refractivity (Wildman–Crippen MR) is 204 cm³/mol. The van der Waals surface area contributed by atoms with E-state index in [-0.39, 0.29) is 23.7 Å². The van der Waals surface area contributed by atoms with Crippen molar-refractivity contribution in [1.29, 1.82) is 5.26 Å². The molecule has 0 spiro atoms. The fourth-order valence-electron chi connectivity index (χ4n) is 7.50. The molecule has 8 rings (SSSR count). The zero-order chi connectivity index (χ0) is 35.9. The maximum absolute atomic E-state index is 13.8. The lowest BCUT2D eigenvalue weighted by Crippen LogP contribution is -2.28. The van der Waals surface area contributed by atoms with E-state index in [4.69, 9.17) is 5.26 Å². The number of pyridine rings is 1. The van der Waals surface area contributed by atoms with Crippen molar-refractivity contribution in [1.82, 2.24) is 23.9 Å². The summed E-state index contributed by atoms with van der Waals surface area (Å²) in [4.78, 5) is 9.45. The van der Waals surface area contributed by atoms with Crippen LogP contribution in [0.25, 0.3) is 5.69 Å². The molecule has 0 radical (unpaired) electrons. The van der Waals surface area contributed by atoms with E-state index in [0.29, 0.717) is 10.0 Å². The minimum absolute atomic E-state index is 0.0226. The number of aromatic nitrogens is 3. The van der Waals surface area contributed by atoms with Gasteiger partial charge in [-0.3, -0.25) is 14.8 Å². The van der Waals surface area contributed by atoms with Crippen LogP contribution in [0.1, 0.15) is 71.5 Å². The Hall–Kier alpha value is -4.88. The van der Waals surface area contributed by atoms with Crippen molar-refractivity contribution in [2.24, 2.45) is 0 Å². The van der Waals surface area contributed by atoms with Crippen LogP contribution in [0.2, 0.25) is 0 Å². The molecule has 6 aromatic rings. The molecule has 2 saturated heterocycles. The molecule has 2 unspecified atom stereocenters. The van der Waals surface area contributed by atoms with Gasteiger partial charge >= 0.3 is 0 Å². The predicted octanol–water partition coefficient (Wildman–Crippen LogP) is 9.69. The molecule has 3 aromatic carbocycles. The number of halogens is 3. The molecule has 264 valence electrons. The summed E-state index contributed by atoms with van der Waals surface area (Å²) in [6.07, 6.45) is 10.8. The summed E-state index contributed by atoms with van der Waals surface area (Å²) in [5.74, 6) is -0.510. The molecule has 5 heterocycles. The fraction of sp³-hybridized carbons (Fsp3) is 0.256. The fourth-order valence-corrected chi connectivity index (χ4v) is 7.90. The molecule has 0 bridgehead atoms. The molecule has 0 N–H and O–H groups in total. The average Bonchev–Trinajstić information content (AvgIpc) is 4.02. The Morgan fingerprint density at radius 2 is 1.33 bits per heavy atom. The van der Waals surface area contributed by atoms with Crippen LogP contribution in [-0.4, -0.2) is 50.1 Å². The third-order valence-electron chi connectivity index (χ3n) is 10.00. The van der Waals surface area contributed by atoms with Gasteiger partial charge in [-0.25, -0.2) is 8.78 Å². The molecule has 0 aliphatic carbocycles. The van der Waals surface area contributed by atoms with Crippen molar-refractivity contribution >= 4 is 15.9 Å². The minimum Gasteiger partial charge on any atom is -0.344 e. The first-order valence-corrected chi connectivity index (χ1v) is 18.7. The highest BCUT2D eigenvalue weighted by molar-refractivity contribution is 9.10. The smallest absolute Gasteiger partial charge is 0.137 e. The molecule has 0 amide bonds. The van der Waals surface area contributed by atoms with Crippen LogP contribution < -0.4 is 0 Å². The van der Waals surface area contributed by atoms with Gasteiger partial charge in [0.2, 0.25) is 0 Å². The third-order valence-corrected chi connectivity index (χ3v) is 10.6. The lowest BCUT2D eigenvalue weighted by molar-refractivity contribution is 0.271. The Bertz CT molecular complexity index is 2090. The lowest BCUT2D eigenvalue weighted by atomic mass is 10.0. The van der Waals surface area contributed by atoms with Gasteiger partial charge in [-0.1, -0.05) is 24.3 Å². The monoisotopic (exact) mass is 758 g/mol. The van der Waals surface area contributed by atoms with Gasteiger partial charge in [-0.2, -0.15) is 5.26 Å². The third kappa shape index (κ3) is 8.10. The molecule has 9 heteroatoms. The van der Waals surface area contributed by atoms with Crippen LogP contribution >= 0.6 is 15.9 Å². The number of likely N-dealkylation sites (tertiary alicyclic amines) is 2. The van der Waals surface area contributed by atoms with Crippen molar-refractivity contribution in [3.05, 3.63) is 178 Å². The topological polar surface area (TPSA) is 53.0 Å². The van der Waals surface area contributed by atoms with Gasteiger partial charge in [0.25, 0.3) is 0 Å². The molecule has 3 aromatic heterocycles. The van der Waals surface area contributed by atoms with Crippen molar-refractivity contribution in [2.45, 2.75) is 44.3 Å². The maximum atomic E-state index is 13.8. The average molecular weight is 760 g/mol. The SMILES string of the molecule is Fc1ccc(-n2cccc2C(c2ccc(F)c(Br)c2)N2CCCC2)cc1.N#Cc1ccc(C(c2cccn2Cc2ccccn2)N2CCCC2)cc1. The quantitative estimate of drug-likeness (QED) is 0.147. The summed E-state index contributed by atoms with van der Waals surface area (Å²) in [6, 6.07) is 36.7. The van der Waals surface area contributed by atoms with Crippen LogP contribution in [-0.2, 0) is 6.54 Å². The van der Waals surface area contributed by atoms with Crippen LogP contribution in [0.3, 0.4) is 0 Å². The number of nitriles is 1. The first kappa shape index (κ1) is 35.5. The molecular weight excluding hydrogens is 718 g/mol. The van der Waals surface area contributed by atoms with Crippen molar-refractivity contribution < 1.29 is 8.78 Å². The maximum Gasteiger partial charge on any atom is 0.137 e. The summed E-state index contributed by atoms with van der Waals surface area (Å²) in [7, 11) is 0. The summed E-state index contributed by atoms with van der Waals surface area (Å²) in [5, 5.41) is 9.10. The summed E-state index contributed by atoms with van der Waals surface area (Å²) in [5.41, 5.74) is 7.34. The highest BCUT2D eigenvalue weighted by atomic mass is 79.9. The molecule has 2 fully saturated rings. The van der Waals surface area contributed by atoms with E-state index in [2.05, 4.69) is 88.5 Å². The number of benzene rings is 3. The Kier molecular flexibility index (Phi) is 11.4. The molecule has 2 aliphatic heterocycles. The second-order valence-electron chi connectivity index (χ2n) is 13.4. The molecule has 52 heavy (non-hydrogen) atoms. The molecule has 6 nitrogen and oxygen atoms in total. The largest absolute Gasteiger partial charge is 0.344 e. The zero-order valence-corrected chi connectivity index (χ0v) is 30.5. The van der Waals surface area contributed by atoms with Crippen molar-refractivity contribution in [2.75, 3.05) is 26.2 Å². The first-order valence-electron chi connectivity index (χ1n) is 17.9. The van der Waals surface area contributed by atoms with Gasteiger partial charge < -0.3 is 9.13 Å². The Morgan fingerprint density at radius 3 is 1.96 bits per heavy atom. The van der Waals surface area contributed by atoms with E-state index in [1.807, 2.05) is 54.9 Å². The van der Waals surface area contributed by atoms with Crippen molar-refractivity contribution in [3.63, 3.8) is 0 Å². The molecule has 0 saturated carbocycles. The molecular formula is C43H41BrF2N6. The second kappa shape index (κ2) is 16.6. The summed E-state index contributed by atoms with van der Waals surface area (Å²) in [6.45, 7) is 5.01. The molecule has 2 aliphatic rings. The Morgan fingerprint density at radius 1 is 0.692 bits per heavy atom. The van der Waals surface area contributed by atoms with E-state index >= 15 is 0 Å². The van der Waals surface area contributed by atoms with E-state index < -0.39 is 0 Å². The van der Waals surface area contributed by atoms with Crippen LogP contribution in [0.15, 0.2) is 132 Å². The first-order chi connectivity index (χ1) is 25.5. The highest BCUT2D eigenvalue weighted by Crippen LogP contribution is 2.35. The zero-order valence-electron chi connectivity index (χ0n) is 29.0. The highest BCUT2D eigenvalue weighted by Gasteiger charge is 2.29. The van der Waals surface area contributed by atoms with Crippen LogP contribution in [0.4, 0.5) is 8.78 Å². The van der Waals surface area contributed by atoms with Gasteiger partial charge in [0.05, 0.1) is 40.4 Å². The Labute approximate surface area is 312 Å². The van der Waals surface area contributed by atoms with Crippen LogP contribution in [0, 0.1) is 23.0 Å². The second-order valence-corrected chi connectivity index (χ2v) is 14.2. The summed E-state index contributed by atoms with van der Waals surface area (Å²) >= 11 is 3.32. The number of nitrogens with zero attached hydrogens (tertiary/aromatic N) is 6. The number of hydrogen-bond donors (Lipinski definition) is 0. The van der Waals surface area contributed by atoms with Gasteiger partial charge in [0.1, 0.15) is 11.6 Å². The number of rotatable bonds is 9. The normalized spacial score (nSPS) is 15.9.